The lowest BCUT2D eigenvalue weighted by molar-refractivity contribution is -0.384. The molecule has 2 rings (SSSR count). The van der Waals surface area contributed by atoms with Gasteiger partial charge in [-0.25, -0.2) is 4.79 Å². The van der Waals surface area contributed by atoms with E-state index in [9.17, 15) is 14.9 Å². The van der Waals surface area contributed by atoms with Crippen LogP contribution in [0.5, 0.6) is 0 Å². The molecule has 98 valence electrons. The number of benzene rings is 1. The van der Waals surface area contributed by atoms with E-state index in [0.29, 0.717) is 10.4 Å². The number of hydrogen-bond acceptors (Lipinski definition) is 5. The number of aromatic carboxylic acids is 1. The number of hydrogen-bond donors (Lipinski definition) is 2. The summed E-state index contributed by atoms with van der Waals surface area (Å²) in [6.45, 7) is 0. The Morgan fingerprint density at radius 1 is 1.37 bits per heavy atom. The van der Waals surface area contributed by atoms with Gasteiger partial charge in [0.05, 0.1) is 10.6 Å². The predicted molar refractivity (Wildman–Crippen MR) is 72.8 cm³/mol. The van der Waals surface area contributed by atoms with E-state index < -0.39 is 10.9 Å². The van der Waals surface area contributed by atoms with Crippen LogP contribution in [0.25, 0.3) is 10.4 Å². The lowest BCUT2D eigenvalue weighted by Crippen LogP contribution is -1.96. The number of nitrogen functional groups attached to an aromatic ring is 1. The van der Waals surface area contributed by atoms with Gasteiger partial charge in [-0.3, -0.25) is 10.1 Å². The van der Waals surface area contributed by atoms with Crippen molar-refractivity contribution in [1.82, 2.24) is 0 Å². The highest BCUT2D eigenvalue weighted by Gasteiger charge is 2.16. The Hall–Kier alpha value is -2.12. The normalized spacial score (nSPS) is 10.4. The third kappa shape index (κ3) is 2.67. The summed E-state index contributed by atoms with van der Waals surface area (Å²) in [5, 5.41) is 19.9. The number of nitro benzene ring substituents is 1. The van der Waals surface area contributed by atoms with Crippen LogP contribution in [0.2, 0.25) is 5.02 Å². The fourth-order valence-electron chi connectivity index (χ4n) is 1.54. The standard InChI is InChI=1S/C11H7ClN2O4S/c12-6-1-5(2-7(3-6)14(17)18)9-4-8(13)10(19-9)11(15)16/h1-4H,13H2,(H,15,16). The number of halogens is 1. The molecule has 2 aromatic rings. The van der Waals surface area contributed by atoms with Crippen molar-refractivity contribution < 1.29 is 14.8 Å². The average molecular weight is 299 g/mol. The molecule has 0 unspecified atom stereocenters. The summed E-state index contributed by atoms with van der Waals surface area (Å²) in [5.74, 6) is -1.13. The summed E-state index contributed by atoms with van der Waals surface area (Å²) in [5.41, 5.74) is 6.00. The summed E-state index contributed by atoms with van der Waals surface area (Å²) in [7, 11) is 0. The first-order valence-electron chi connectivity index (χ1n) is 4.96. The Morgan fingerprint density at radius 2 is 2.05 bits per heavy atom. The molecule has 0 radical (unpaired) electrons. The molecule has 0 fully saturated rings. The lowest BCUT2D eigenvalue weighted by atomic mass is 10.1. The van der Waals surface area contributed by atoms with E-state index in [2.05, 4.69) is 0 Å². The second-order valence-corrected chi connectivity index (χ2v) is 5.14. The zero-order valence-electron chi connectivity index (χ0n) is 9.29. The molecule has 0 aliphatic rings. The van der Waals surface area contributed by atoms with E-state index in [1.807, 2.05) is 0 Å². The zero-order chi connectivity index (χ0) is 14.2. The molecule has 0 aliphatic carbocycles. The number of nitrogens with two attached hydrogens (primary N) is 1. The van der Waals surface area contributed by atoms with Crippen LogP contribution in [0.1, 0.15) is 9.67 Å². The molecule has 3 N–H and O–H groups in total. The average Bonchev–Trinajstić information content (AvgIpc) is 2.70. The van der Waals surface area contributed by atoms with Crippen molar-refractivity contribution >= 4 is 40.3 Å². The van der Waals surface area contributed by atoms with Gasteiger partial charge in [-0.15, -0.1) is 11.3 Å². The molecule has 0 saturated heterocycles. The minimum atomic E-state index is -1.13. The molecule has 8 heteroatoms. The highest BCUT2D eigenvalue weighted by molar-refractivity contribution is 7.17. The van der Waals surface area contributed by atoms with E-state index in [1.165, 1.54) is 24.3 Å². The SMILES string of the molecule is Nc1cc(-c2cc(Cl)cc([N+](=O)[O-])c2)sc1C(=O)O. The first kappa shape index (κ1) is 13.3. The lowest BCUT2D eigenvalue weighted by Gasteiger charge is -1.99. The number of nitro groups is 1. The second-order valence-electron chi connectivity index (χ2n) is 3.66. The van der Waals surface area contributed by atoms with Crippen LogP contribution in [0.3, 0.4) is 0 Å². The number of non-ortho nitro benzene ring substituents is 1. The molecule has 6 nitrogen and oxygen atoms in total. The van der Waals surface area contributed by atoms with Crippen molar-refractivity contribution in [3.8, 4) is 10.4 Å². The summed E-state index contributed by atoms with van der Waals surface area (Å²) in [4.78, 5) is 21.6. The third-order valence-electron chi connectivity index (χ3n) is 2.33. The maximum Gasteiger partial charge on any atom is 0.348 e. The first-order chi connectivity index (χ1) is 8.88. The maximum atomic E-state index is 10.9. The van der Waals surface area contributed by atoms with E-state index in [4.69, 9.17) is 22.4 Å². The molecule has 19 heavy (non-hydrogen) atoms. The molecule has 0 bridgehead atoms. The predicted octanol–water partition coefficient (Wildman–Crippen LogP) is 3.26. The van der Waals surface area contributed by atoms with Crippen molar-refractivity contribution in [1.29, 1.82) is 0 Å². The van der Waals surface area contributed by atoms with Gasteiger partial charge in [0.25, 0.3) is 5.69 Å². The molecule has 1 aromatic carbocycles. The number of carboxylic acid groups (broad SMARTS) is 1. The molecular formula is C11H7ClN2O4S. The Balaban J connectivity index is 2.55. The van der Waals surface area contributed by atoms with Crippen molar-refractivity contribution in [3.05, 3.63) is 44.3 Å². The van der Waals surface area contributed by atoms with Crippen LogP contribution in [0, 0.1) is 10.1 Å². The second kappa shape index (κ2) is 4.87. The maximum absolute atomic E-state index is 10.9. The molecule has 0 saturated carbocycles. The third-order valence-corrected chi connectivity index (χ3v) is 3.74. The number of carboxylic acids is 1. The Morgan fingerprint density at radius 3 is 2.58 bits per heavy atom. The summed E-state index contributed by atoms with van der Waals surface area (Å²) < 4.78 is 0. The van der Waals surface area contributed by atoms with Crippen molar-refractivity contribution in [2.45, 2.75) is 0 Å². The van der Waals surface area contributed by atoms with Gasteiger partial charge >= 0.3 is 5.97 Å². The van der Waals surface area contributed by atoms with Gasteiger partial charge in [0.2, 0.25) is 0 Å². The minimum absolute atomic E-state index is 0.00220. The quantitative estimate of drug-likeness (QED) is 0.668. The monoisotopic (exact) mass is 298 g/mol. The number of carbonyl (C=O) groups is 1. The van der Waals surface area contributed by atoms with E-state index in [1.54, 1.807) is 0 Å². The Labute approximate surface area is 116 Å². The smallest absolute Gasteiger partial charge is 0.348 e. The van der Waals surface area contributed by atoms with Crippen LogP contribution in [-0.4, -0.2) is 16.0 Å². The Kier molecular flexibility index (Phi) is 3.41. The summed E-state index contributed by atoms with van der Waals surface area (Å²) in [6.07, 6.45) is 0. The number of rotatable bonds is 3. The van der Waals surface area contributed by atoms with E-state index >= 15 is 0 Å². The fourth-order valence-corrected chi connectivity index (χ4v) is 2.67. The van der Waals surface area contributed by atoms with Crippen LogP contribution in [0.15, 0.2) is 24.3 Å². The van der Waals surface area contributed by atoms with Crippen LogP contribution in [-0.2, 0) is 0 Å². The van der Waals surface area contributed by atoms with Gasteiger partial charge < -0.3 is 10.8 Å². The van der Waals surface area contributed by atoms with E-state index in [-0.39, 0.29) is 21.3 Å². The summed E-state index contributed by atoms with van der Waals surface area (Å²) in [6, 6.07) is 5.53. The Bertz CT molecular complexity index is 683. The van der Waals surface area contributed by atoms with Gasteiger partial charge in [0.15, 0.2) is 0 Å². The first-order valence-corrected chi connectivity index (χ1v) is 6.16. The molecule has 0 amide bonds. The minimum Gasteiger partial charge on any atom is -0.477 e. The number of nitrogens with zero attached hydrogens (tertiary/aromatic N) is 1. The molecule has 1 heterocycles. The summed E-state index contributed by atoms with van der Waals surface area (Å²) >= 11 is 6.75. The highest BCUT2D eigenvalue weighted by atomic mass is 35.5. The largest absolute Gasteiger partial charge is 0.477 e. The van der Waals surface area contributed by atoms with Gasteiger partial charge in [-0.1, -0.05) is 11.6 Å². The van der Waals surface area contributed by atoms with E-state index in [0.717, 1.165) is 11.3 Å². The van der Waals surface area contributed by atoms with Gasteiger partial charge in [0, 0.05) is 27.6 Å². The molecular weight excluding hydrogens is 292 g/mol. The van der Waals surface area contributed by atoms with Gasteiger partial charge in [-0.2, -0.15) is 0 Å². The molecule has 1 aromatic heterocycles. The zero-order valence-corrected chi connectivity index (χ0v) is 10.9. The number of thiophene rings is 1. The van der Waals surface area contributed by atoms with Crippen LogP contribution < -0.4 is 5.73 Å². The van der Waals surface area contributed by atoms with Crippen molar-refractivity contribution in [2.75, 3.05) is 5.73 Å². The van der Waals surface area contributed by atoms with Crippen molar-refractivity contribution in [3.63, 3.8) is 0 Å². The van der Waals surface area contributed by atoms with Crippen LogP contribution >= 0.6 is 22.9 Å². The fraction of sp³-hybridized carbons (Fsp3) is 0. The highest BCUT2D eigenvalue weighted by Crippen LogP contribution is 2.36. The molecule has 0 aliphatic heterocycles. The van der Waals surface area contributed by atoms with Gasteiger partial charge in [0.1, 0.15) is 4.88 Å². The topological polar surface area (TPSA) is 106 Å². The molecule has 0 spiro atoms. The van der Waals surface area contributed by atoms with Crippen molar-refractivity contribution in [2.24, 2.45) is 0 Å². The molecule has 0 atom stereocenters. The van der Waals surface area contributed by atoms with Gasteiger partial charge in [-0.05, 0) is 12.1 Å². The van der Waals surface area contributed by atoms with Crippen LogP contribution in [0.4, 0.5) is 11.4 Å². The number of anilines is 1.